The molecule has 0 unspecified atom stereocenters. The zero-order valence-corrected chi connectivity index (χ0v) is 19.0. The lowest BCUT2D eigenvalue weighted by molar-refractivity contribution is -0.137. The van der Waals surface area contributed by atoms with Gasteiger partial charge in [-0.05, 0) is 66.9 Å². The summed E-state index contributed by atoms with van der Waals surface area (Å²) in [5, 5.41) is 0.791. The highest BCUT2D eigenvalue weighted by molar-refractivity contribution is 7.91. The Bertz CT molecular complexity index is 1440. The van der Waals surface area contributed by atoms with Crippen LogP contribution < -0.4 is 0 Å². The summed E-state index contributed by atoms with van der Waals surface area (Å²) in [6.07, 6.45) is -0.808. The summed E-state index contributed by atoms with van der Waals surface area (Å²) < 4.78 is 62.5. The van der Waals surface area contributed by atoms with E-state index < -0.39 is 26.3 Å². The van der Waals surface area contributed by atoms with Gasteiger partial charge in [-0.25, -0.2) is 8.42 Å². The van der Waals surface area contributed by atoms with E-state index in [4.69, 9.17) is 0 Å². The molecule has 8 heteroatoms. The van der Waals surface area contributed by atoms with Crippen LogP contribution in [0.5, 0.6) is 0 Å². The predicted molar refractivity (Wildman–Crippen MR) is 123 cm³/mol. The Kier molecular flexibility index (Phi) is 5.52. The second-order valence-electron chi connectivity index (χ2n) is 8.39. The fraction of sp³-hybridized carbons (Fsp3) is 0.200. The molecule has 0 fully saturated rings. The number of rotatable bonds is 4. The number of pyridine rings is 2. The van der Waals surface area contributed by atoms with Gasteiger partial charge in [0.25, 0.3) is 0 Å². The van der Waals surface area contributed by atoms with E-state index >= 15 is 0 Å². The lowest BCUT2D eigenvalue weighted by Gasteiger charge is -2.25. The lowest BCUT2D eigenvalue weighted by atomic mass is 9.92. The molecule has 0 N–H and O–H groups in total. The molecule has 4 aromatic rings. The van der Waals surface area contributed by atoms with Crippen molar-refractivity contribution in [3.05, 3.63) is 84.2 Å². The first-order valence-corrected chi connectivity index (χ1v) is 12.0. The van der Waals surface area contributed by atoms with Gasteiger partial charge in [0.1, 0.15) is 0 Å². The molecule has 0 aliphatic rings. The van der Waals surface area contributed by atoms with E-state index in [-0.39, 0.29) is 0 Å². The molecule has 2 heterocycles. The van der Waals surface area contributed by atoms with Gasteiger partial charge < -0.3 is 0 Å². The Morgan fingerprint density at radius 3 is 2.18 bits per heavy atom. The summed E-state index contributed by atoms with van der Waals surface area (Å²) in [5.74, 6) is 0. The van der Waals surface area contributed by atoms with Gasteiger partial charge in [0.15, 0.2) is 9.84 Å². The van der Waals surface area contributed by atoms with Gasteiger partial charge in [-0.15, -0.1) is 0 Å². The van der Waals surface area contributed by atoms with Gasteiger partial charge in [0, 0.05) is 29.6 Å². The highest BCUT2D eigenvalue weighted by Gasteiger charge is 2.35. The minimum atomic E-state index is -4.45. The molecule has 0 aliphatic carbocycles. The number of hydrogen-bond donors (Lipinski definition) is 0. The molecule has 170 valence electrons. The molecule has 0 saturated carbocycles. The quantitative estimate of drug-likeness (QED) is 0.353. The molecular weight excluding hydrogens is 449 g/mol. The number of sulfone groups is 1. The third kappa shape index (κ3) is 4.35. The maximum atomic E-state index is 12.9. The second-order valence-corrected chi connectivity index (χ2v) is 11.0. The van der Waals surface area contributed by atoms with Crippen LogP contribution in [0.15, 0.2) is 73.1 Å². The smallest absolute Gasteiger partial charge is 0.256 e. The van der Waals surface area contributed by atoms with Crippen molar-refractivity contribution in [2.24, 2.45) is 0 Å². The largest absolute Gasteiger partial charge is 0.417 e. The highest BCUT2D eigenvalue weighted by Crippen LogP contribution is 2.38. The SMILES string of the molecule is CC(C)(c1cc(-c2cccc(-c3ccc(C(F)(F)F)cn3)c2)cc2cccnc12)S(C)(=O)=O. The first-order valence-electron chi connectivity index (χ1n) is 10.1. The van der Waals surface area contributed by atoms with Gasteiger partial charge in [0.05, 0.1) is 21.5 Å². The summed E-state index contributed by atoms with van der Waals surface area (Å²) in [4.78, 5) is 8.40. The highest BCUT2D eigenvalue weighted by atomic mass is 32.2. The average molecular weight is 471 g/mol. The van der Waals surface area contributed by atoms with Crippen LogP contribution in [0.3, 0.4) is 0 Å². The molecule has 0 radical (unpaired) electrons. The van der Waals surface area contributed by atoms with E-state index in [9.17, 15) is 21.6 Å². The van der Waals surface area contributed by atoms with E-state index in [1.54, 1.807) is 38.2 Å². The van der Waals surface area contributed by atoms with Crippen molar-refractivity contribution in [2.75, 3.05) is 6.26 Å². The molecule has 2 aromatic carbocycles. The third-order valence-electron chi connectivity index (χ3n) is 5.86. The van der Waals surface area contributed by atoms with Crippen molar-refractivity contribution in [3.63, 3.8) is 0 Å². The molecule has 0 atom stereocenters. The molecule has 0 aliphatic heterocycles. The zero-order valence-electron chi connectivity index (χ0n) is 18.2. The summed E-state index contributed by atoms with van der Waals surface area (Å²) in [7, 11) is -3.46. The average Bonchev–Trinajstić information content (AvgIpc) is 2.77. The van der Waals surface area contributed by atoms with E-state index in [0.29, 0.717) is 22.3 Å². The first kappa shape index (κ1) is 22.9. The molecule has 0 spiro atoms. The predicted octanol–water partition coefficient (Wildman–Crippen LogP) is 6.26. The van der Waals surface area contributed by atoms with Crippen LogP contribution >= 0.6 is 0 Å². The Morgan fingerprint density at radius 1 is 0.818 bits per heavy atom. The molecule has 4 nitrogen and oxygen atoms in total. The Hall–Kier alpha value is -3.26. The summed E-state index contributed by atoms with van der Waals surface area (Å²) >= 11 is 0. The van der Waals surface area contributed by atoms with Gasteiger partial charge in [0.2, 0.25) is 0 Å². The minimum absolute atomic E-state index is 0.406. The molecule has 0 amide bonds. The topological polar surface area (TPSA) is 59.9 Å². The monoisotopic (exact) mass is 470 g/mol. The van der Waals surface area contributed by atoms with Crippen molar-refractivity contribution < 1.29 is 21.6 Å². The number of nitrogens with zero attached hydrogens (tertiary/aromatic N) is 2. The number of hydrogen-bond acceptors (Lipinski definition) is 4. The van der Waals surface area contributed by atoms with E-state index in [1.165, 1.54) is 12.3 Å². The van der Waals surface area contributed by atoms with Crippen molar-refractivity contribution in [1.82, 2.24) is 9.97 Å². The fourth-order valence-electron chi connectivity index (χ4n) is 3.61. The Labute approximate surface area is 190 Å². The van der Waals surface area contributed by atoms with Crippen LogP contribution in [-0.4, -0.2) is 24.6 Å². The summed E-state index contributed by atoms with van der Waals surface area (Å²) in [5.41, 5.74) is 2.99. The van der Waals surface area contributed by atoms with Crippen LogP contribution in [0.25, 0.3) is 33.3 Å². The molecule has 0 saturated heterocycles. The van der Waals surface area contributed by atoms with E-state index in [1.807, 2.05) is 30.3 Å². The maximum Gasteiger partial charge on any atom is 0.417 e. The number of benzene rings is 2. The van der Waals surface area contributed by atoms with Crippen LogP contribution in [0.4, 0.5) is 13.2 Å². The fourth-order valence-corrected chi connectivity index (χ4v) is 4.16. The van der Waals surface area contributed by atoms with Gasteiger partial charge in [-0.1, -0.05) is 24.3 Å². The summed E-state index contributed by atoms with van der Waals surface area (Å²) in [6, 6.07) is 17.0. The van der Waals surface area contributed by atoms with Crippen molar-refractivity contribution in [1.29, 1.82) is 0 Å². The normalized spacial score (nSPS) is 12.8. The maximum absolute atomic E-state index is 12.9. The van der Waals surface area contributed by atoms with Crippen LogP contribution in [-0.2, 0) is 20.8 Å². The number of alkyl halides is 3. The number of aromatic nitrogens is 2. The van der Waals surface area contributed by atoms with Gasteiger partial charge >= 0.3 is 6.18 Å². The molecule has 33 heavy (non-hydrogen) atoms. The second kappa shape index (κ2) is 7.95. The van der Waals surface area contributed by atoms with Gasteiger partial charge in [-0.2, -0.15) is 13.2 Å². The van der Waals surface area contributed by atoms with Crippen LogP contribution in [0, 0.1) is 0 Å². The van der Waals surface area contributed by atoms with Crippen molar-refractivity contribution in [2.45, 2.75) is 24.8 Å². The van der Waals surface area contributed by atoms with Crippen molar-refractivity contribution in [3.8, 4) is 22.4 Å². The Morgan fingerprint density at radius 2 is 1.55 bits per heavy atom. The molecule has 4 rings (SSSR count). The third-order valence-corrected chi connectivity index (χ3v) is 7.94. The van der Waals surface area contributed by atoms with E-state index in [0.717, 1.165) is 28.8 Å². The standard InChI is InChI=1S/C25H21F3N2O2S/c1-24(2,33(3,31)32)21-14-19(13-18-8-5-11-29-23(18)21)16-6-4-7-17(12-16)22-10-9-20(15-30-22)25(26,27)28/h4-15H,1-3H3. The van der Waals surface area contributed by atoms with Gasteiger partial charge in [-0.3, -0.25) is 9.97 Å². The summed E-state index contributed by atoms with van der Waals surface area (Å²) in [6.45, 7) is 3.30. The first-order chi connectivity index (χ1) is 15.4. The minimum Gasteiger partial charge on any atom is -0.256 e. The molecule has 2 aromatic heterocycles. The van der Waals surface area contributed by atoms with Crippen molar-refractivity contribution >= 4 is 20.7 Å². The number of halogens is 3. The van der Waals surface area contributed by atoms with E-state index in [2.05, 4.69) is 9.97 Å². The van der Waals surface area contributed by atoms with Crippen LogP contribution in [0.1, 0.15) is 25.0 Å². The zero-order chi connectivity index (χ0) is 24.0. The Balaban J connectivity index is 1.85. The molecular formula is C25H21F3N2O2S. The lowest BCUT2D eigenvalue weighted by Crippen LogP contribution is -2.28. The van der Waals surface area contributed by atoms with Crippen LogP contribution in [0.2, 0.25) is 0 Å². The number of fused-ring (bicyclic) bond motifs is 1. The molecule has 0 bridgehead atoms.